The van der Waals surface area contributed by atoms with Crippen molar-refractivity contribution in [2.45, 2.75) is 38.6 Å². The van der Waals surface area contributed by atoms with Crippen molar-refractivity contribution in [1.82, 2.24) is 9.78 Å². The Morgan fingerprint density at radius 3 is 2.50 bits per heavy atom. The molecule has 0 bridgehead atoms. The summed E-state index contributed by atoms with van der Waals surface area (Å²) in [5.41, 5.74) is -0.795. The molecule has 0 unspecified atom stereocenters. The highest BCUT2D eigenvalue weighted by molar-refractivity contribution is 6.30. The van der Waals surface area contributed by atoms with Gasteiger partial charge in [0, 0.05) is 11.2 Å². The largest absolute Gasteiger partial charge is 0.479 e. The van der Waals surface area contributed by atoms with Gasteiger partial charge in [0.2, 0.25) is 5.91 Å². The fraction of sp³-hybridized carbons (Fsp3) is 0.353. The highest BCUT2D eigenvalue weighted by Crippen LogP contribution is 2.27. The molecule has 0 fully saturated rings. The van der Waals surface area contributed by atoms with Gasteiger partial charge in [0.1, 0.15) is 0 Å². The Kier molecular flexibility index (Phi) is 4.71. The van der Waals surface area contributed by atoms with Gasteiger partial charge in [0.25, 0.3) is 0 Å². The summed E-state index contributed by atoms with van der Waals surface area (Å²) in [4.78, 5) is 23.9. The van der Waals surface area contributed by atoms with Gasteiger partial charge in [-0.2, -0.15) is 5.10 Å². The number of carbonyl (C=O) groups is 2. The van der Waals surface area contributed by atoms with Gasteiger partial charge in [-0.05, 0) is 45.4 Å². The first-order valence-corrected chi connectivity index (χ1v) is 7.79. The Balaban J connectivity index is 2.21. The molecule has 2 N–H and O–H groups in total. The van der Waals surface area contributed by atoms with Gasteiger partial charge in [0.05, 0.1) is 17.3 Å². The van der Waals surface area contributed by atoms with Crippen LogP contribution in [0, 0.1) is 0 Å². The van der Waals surface area contributed by atoms with Gasteiger partial charge in [-0.25, -0.2) is 4.79 Å². The van der Waals surface area contributed by atoms with Crippen molar-refractivity contribution >= 4 is 29.2 Å². The number of carboxylic acids is 1. The number of aromatic nitrogens is 2. The predicted molar refractivity (Wildman–Crippen MR) is 92.3 cm³/mol. The standard InChI is InChI=1S/C17H20ClN3O3/c1-16(2,11-6-5-7-12(18)8-11)14(22)20-13-9-19-21(10-13)17(3,4)15(23)24/h5-10H,1-4H3,(H,20,22)(H,23,24). The van der Waals surface area contributed by atoms with Crippen LogP contribution in [-0.4, -0.2) is 26.8 Å². The maximum absolute atomic E-state index is 12.6. The lowest BCUT2D eigenvalue weighted by atomic mass is 9.83. The number of aliphatic carboxylic acids is 1. The van der Waals surface area contributed by atoms with Gasteiger partial charge < -0.3 is 10.4 Å². The first-order chi connectivity index (χ1) is 11.0. The maximum Gasteiger partial charge on any atom is 0.331 e. The zero-order valence-corrected chi connectivity index (χ0v) is 14.8. The van der Waals surface area contributed by atoms with Crippen LogP contribution in [0.5, 0.6) is 0 Å². The van der Waals surface area contributed by atoms with Crippen molar-refractivity contribution < 1.29 is 14.7 Å². The van der Waals surface area contributed by atoms with Crippen molar-refractivity contribution in [3.63, 3.8) is 0 Å². The summed E-state index contributed by atoms with van der Waals surface area (Å²) >= 11 is 6.00. The number of hydrogen-bond acceptors (Lipinski definition) is 3. The van der Waals surface area contributed by atoms with E-state index in [-0.39, 0.29) is 5.91 Å². The van der Waals surface area contributed by atoms with Gasteiger partial charge in [0.15, 0.2) is 5.54 Å². The third-order valence-electron chi connectivity index (χ3n) is 4.05. The molecule has 1 aromatic heterocycles. The van der Waals surface area contributed by atoms with Crippen LogP contribution >= 0.6 is 11.6 Å². The molecule has 24 heavy (non-hydrogen) atoms. The van der Waals surface area contributed by atoms with Crippen molar-refractivity contribution in [2.75, 3.05) is 5.32 Å². The van der Waals surface area contributed by atoms with Crippen molar-refractivity contribution in [1.29, 1.82) is 0 Å². The van der Waals surface area contributed by atoms with Crippen molar-refractivity contribution in [3.05, 3.63) is 47.2 Å². The summed E-state index contributed by atoms with van der Waals surface area (Å²) < 4.78 is 1.30. The van der Waals surface area contributed by atoms with E-state index in [1.165, 1.54) is 30.9 Å². The number of carboxylic acid groups (broad SMARTS) is 1. The van der Waals surface area contributed by atoms with Gasteiger partial charge in [-0.15, -0.1) is 0 Å². The number of anilines is 1. The number of halogens is 1. The first kappa shape index (κ1) is 18.0. The molecule has 0 spiro atoms. The Labute approximate surface area is 145 Å². The van der Waals surface area contributed by atoms with Crippen LogP contribution in [0.1, 0.15) is 33.3 Å². The number of rotatable bonds is 5. The zero-order chi connectivity index (χ0) is 18.1. The molecule has 2 aromatic rings. The molecule has 1 aromatic carbocycles. The van der Waals surface area contributed by atoms with Crippen LogP contribution in [0.15, 0.2) is 36.7 Å². The molecular formula is C17H20ClN3O3. The van der Waals surface area contributed by atoms with Gasteiger partial charge in [-0.1, -0.05) is 23.7 Å². The molecule has 0 radical (unpaired) electrons. The number of benzene rings is 1. The Morgan fingerprint density at radius 1 is 1.25 bits per heavy atom. The number of nitrogens with one attached hydrogen (secondary N) is 1. The van der Waals surface area contributed by atoms with E-state index < -0.39 is 16.9 Å². The summed E-state index contributed by atoms with van der Waals surface area (Å²) in [6.07, 6.45) is 2.93. The summed E-state index contributed by atoms with van der Waals surface area (Å²) in [5, 5.41) is 16.6. The lowest BCUT2D eigenvalue weighted by Crippen LogP contribution is -2.36. The molecule has 0 saturated carbocycles. The molecule has 0 aliphatic rings. The molecule has 7 heteroatoms. The van der Waals surface area contributed by atoms with Crippen LogP contribution in [0.2, 0.25) is 5.02 Å². The van der Waals surface area contributed by atoms with E-state index in [9.17, 15) is 14.7 Å². The quantitative estimate of drug-likeness (QED) is 0.867. The second-order valence-corrected chi connectivity index (χ2v) is 7.06. The molecule has 0 aliphatic carbocycles. The minimum atomic E-state index is -1.20. The molecule has 2 rings (SSSR count). The molecule has 0 aliphatic heterocycles. The van der Waals surface area contributed by atoms with E-state index in [4.69, 9.17) is 11.6 Å². The van der Waals surface area contributed by atoms with Crippen LogP contribution in [-0.2, 0) is 20.5 Å². The Hall–Kier alpha value is -2.34. The van der Waals surface area contributed by atoms with Crippen LogP contribution < -0.4 is 5.32 Å². The predicted octanol–water partition coefficient (Wildman–Crippen LogP) is 3.27. The fourth-order valence-corrected chi connectivity index (χ4v) is 2.28. The highest BCUT2D eigenvalue weighted by atomic mass is 35.5. The molecule has 1 heterocycles. The smallest absolute Gasteiger partial charge is 0.331 e. The minimum absolute atomic E-state index is 0.238. The zero-order valence-electron chi connectivity index (χ0n) is 14.0. The van der Waals surface area contributed by atoms with E-state index in [0.717, 1.165) is 5.56 Å². The van der Waals surface area contributed by atoms with Gasteiger partial charge in [-0.3, -0.25) is 9.48 Å². The molecule has 0 atom stereocenters. The summed E-state index contributed by atoms with van der Waals surface area (Å²) in [5.74, 6) is -1.25. The number of nitrogens with zero attached hydrogens (tertiary/aromatic N) is 2. The van der Waals surface area contributed by atoms with Crippen LogP contribution in [0.4, 0.5) is 5.69 Å². The molecule has 1 amide bonds. The number of hydrogen-bond donors (Lipinski definition) is 2. The average Bonchev–Trinajstić information content (AvgIpc) is 2.96. The van der Waals surface area contributed by atoms with E-state index in [1.807, 2.05) is 6.07 Å². The molecule has 6 nitrogen and oxygen atoms in total. The monoisotopic (exact) mass is 349 g/mol. The average molecular weight is 350 g/mol. The van der Waals surface area contributed by atoms with Gasteiger partial charge >= 0.3 is 5.97 Å². The van der Waals surface area contributed by atoms with Crippen LogP contribution in [0.3, 0.4) is 0 Å². The van der Waals surface area contributed by atoms with E-state index >= 15 is 0 Å². The minimum Gasteiger partial charge on any atom is -0.479 e. The number of amides is 1. The second-order valence-electron chi connectivity index (χ2n) is 6.63. The normalized spacial score (nSPS) is 12.0. The fourth-order valence-electron chi connectivity index (χ4n) is 2.09. The summed E-state index contributed by atoms with van der Waals surface area (Å²) in [7, 11) is 0. The van der Waals surface area contributed by atoms with E-state index in [1.54, 1.807) is 32.0 Å². The lowest BCUT2D eigenvalue weighted by molar-refractivity contribution is -0.146. The third-order valence-corrected chi connectivity index (χ3v) is 4.29. The van der Waals surface area contributed by atoms with E-state index in [2.05, 4.69) is 10.4 Å². The summed E-state index contributed by atoms with van der Waals surface area (Å²) in [6, 6.07) is 7.12. The third kappa shape index (κ3) is 3.43. The Morgan fingerprint density at radius 2 is 1.92 bits per heavy atom. The molecule has 0 saturated heterocycles. The lowest BCUT2D eigenvalue weighted by Gasteiger charge is -2.24. The topological polar surface area (TPSA) is 84.2 Å². The van der Waals surface area contributed by atoms with Crippen molar-refractivity contribution in [2.24, 2.45) is 0 Å². The Bertz CT molecular complexity index is 781. The number of carbonyl (C=O) groups excluding carboxylic acids is 1. The highest BCUT2D eigenvalue weighted by Gasteiger charge is 2.32. The van der Waals surface area contributed by atoms with Crippen molar-refractivity contribution in [3.8, 4) is 0 Å². The summed E-state index contributed by atoms with van der Waals surface area (Å²) in [6.45, 7) is 6.65. The molecular weight excluding hydrogens is 330 g/mol. The molecule has 128 valence electrons. The maximum atomic E-state index is 12.6. The van der Waals surface area contributed by atoms with E-state index in [0.29, 0.717) is 10.7 Å². The first-order valence-electron chi connectivity index (χ1n) is 7.41. The van der Waals surface area contributed by atoms with Crippen LogP contribution in [0.25, 0.3) is 0 Å². The second kappa shape index (κ2) is 6.28. The SMILES string of the molecule is CC(C)(C(=O)Nc1cnn(C(C)(C)C(=O)O)c1)c1cccc(Cl)c1.